The van der Waals surface area contributed by atoms with Crippen LogP contribution in [0.2, 0.25) is 0 Å². The van der Waals surface area contributed by atoms with Gasteiger partial charge >= 0.3 is 88.7 Å². The Morgan fingerprint density at radius 1 is 0.882 bits per heavy atom. The quantitative estimate of drug-likeness (QED) is 0.467. The Labute approximate surface area is 166 Å². The van der Waals surface area contributed by atoms with E-state index in [0.717, 1.165) is 13.8 Å². The molecule has 0 saturated carbocycles. The second kappa shape index (κ2) is 26.0. The van der Waals surface area contributed by atoms with Crippen LogP contribution in [0.4, 0.5) is 0 Å². The summed E-state index contributed by atoms with van der Waals surface area (Å²) in [5, 5.41) is 27.2. The van der Waals surface area contributed by atoms with Gasteiger partial charge < -0.3 is 35.4 Å². The molecule has 7 nitrogen and oxygen atoms in total. The molecule has 0 aliphatic carbocycles. The number of hydrogen-bond donors (Lipinski definition) is 1. The van der Waals surface area contributed by atoms with Gasteiger partial charge in [-0.3, -0.25) is 0 Å². The first kappa shape index (κ1) is 36.2. The Morgan fingerprint density at radius 2 is 0.941 bits per heavy atom. The van der Waals surface area contributed by atoms with E-state index in [-0.39, 0.29) is 88.7 Å². The molecule has 0 rings (SSSR count). The first-order valence-corrected chi connectivity index (χ1v) is 3.42. The van der Waals surface area contributed by atoms with Crippen LogP contribution in [0.15, 0.2) is 0 Å². The van der Waals surface area contributed by atoms with Crippen molar-refractivity contribution < 1.29 is 118 Å². The number of carboxylic acid groups (broad SMARTS) is 3. The van der Waals surface area contributed by atoms with Gasteiger partial charge in [-0.05, 0) is 20.8 Å². The molecular weight excluding hydrogens is 263 g/mol. The zero-order valence-corrected chi connectivity index (χ0v) is 17.1. The molecule has 84 valence electrons. The number of rotatable bonds is 1. The molecule has 2 N–H and O–H groups in total. The van der Waals surface area contributed by atoms with Gasteiger partial charge in [-0.25, -0.2) is 0 Å². The van der Waals surface area contributed by atoms with E-state index in [0.29, 0.717) is 0 Å². The molecule has 0 aliphatic rings. The topological polar surface area (TPSA) is 146 Å². The van der Waals surface area contributed by atoms with Crippen molar-refractivity contribution in [3.05, 3.63) is 0 Å². The van der Waals surface area contributed by atoms with E-state index >= 15 is 0 Å². The molecule has 1 unspecified atom stereocenters. The monoisotopic (exact) mass is 275 g/mol. The van der Waals surface area contributed by atoms with Crippen LogP contribution >= 0.6 is 0 Å². The molecular formula is C7H12NNa3O6. The fraction of sp³-hybridized carbons (Fsp3) is 0.571. The molecule has 17 heavy (non-hydrogen) atoms. The van der Waals surface area contributed by atoms with Crippen molar-refractivity contribution in [1.82, 2.24) is 0 Å². The summed E-state index contributed by atoms with van der Waals surface area (Å²) < 4.78 is 0. The maximum atomic E-state index is 9.46. The number of carbonyl (C=O) groups excluding carboxylic acids is 3. The van der Waals surface area contributed by atoms with Gasteiger partial charge in [0.2, 0.25) is 0 Å². The van der Waals surface area contributed by atoms with Gasteiger partial charge in [0.1, 0.15) is 0 Å². The Hall–Kier alpha value is 1.37. The largest absolute Gasteiger partial charge is 1.00 e. The molecule has 0 aromatic carbocycles. The number of carbonyl (C=O) groups is 3. The van der Waals surface area contributed by atoms with Crippen LogP contribution in [-0.4, -0.2) is 23.9 Å². The van der Waals surface area contributed by atoms with Gasteiger partial charge in [-0.2, -0.15) is 0 Å². The third kappa shape index (κ3) is 142. The summed E-state index contributed by atoms with van der Waals surface area (Å²) in [6.07, 6.45) is 0. The maximum absolute atomic E-state index is 9.46. The molecule has 10 heteroatoms. The van der Waals surface area contributed by atoms with Crippen molar-refractivity contribution >= 4 is 17.9 Å². The van der Waals surface area contributed by atoms with Crippen molar-refractivity contribution in [2.24, 2.45) is 5.73 Å². The molecule has 0 spiro atoms. The van der Waals surface area contributed by atoms with Gasteiger partial charge in [0.05, 0.1) is 5.97 Å². The summed E-state index contributed by atoms with van der Waals surface area (Å²) in [6.45, 7) is 3.30. The summed E-state index contributed by atoms with van der Waals surface area (Å²) in [7, 11) is 0. The molecule has 0 radical (unpaired) electrons. The fourth-order valence-corrected chi connectivity index (χ4v) is 0. The molecule has 1 atom stereocenters. The summed E-state index contributed by atoms with van der Waals surface area (Å²) in [5.41, 5.74) is 4.77. The van der Waals surface area contributed by atoms with Crippen LogP contribution in [0, 0.1) is 0 Å². The Balaban J connectivity index is -0.0000000252. The Bertz CT molecular complexity index is 180. The van der Waals surface area contributed by atoms with Gasteiger partial charge in [-0.1, -0.05) is 0 Å². The minimum absolute atomic E-state index is 0. The molecule has 0 aromatic heterocycles. The van der Waals surface area contributed by atoms with Crippen molar-refractivity contribution in [2.75, 3.05) is 0 Å². The zero-order chi connectivity index (χ0) is 12.3. The molecule has 0 saturated heterocycles. The predicted molar refractivity (Wildman–Crippen MR) is 40.0 cm³/mol. The van der Waals surface area contributed by atoms with Gasteiger partial charge in [0, 0.05) is 18.0 Å². The standard InChI is InChI=1S/C3H7NO2.2C2H4O2.3Na/c1-2(4)3(5)6;2*1-2(3)4;;;/h2H,4H2,1H3,(H,5,6);2*1H3,(H,3,4);;;/q;;;3*+1/p-3. The van der Waals surface area contributed by atoms with Crippen molar-refractivity contribution in [3.8, 4) is 0 Å². The van der Waals surface area contributed by atoms with E-state index in [9.17, 15) is 9.90 Å². The molecule has 0 heterocycles. The Kier molecular flexibility index (Phi) is 55.5. The van der Waals surface area contributed by atoms with E-state index in [1.807, 2.05) is 0 Å². The molecule has 0 aromatic rings. The van der Waals surface area contributed by atoms with Crippen LogP contribution in [0.1, 0.15) is 20.8 Å². The predicted octanol–water partition coefficient (Wildman–Crippen LogP) is -13.4. The minimum atomic E-state index is -1.21. The zero-order valence-electron chi connectivity index (χ0n) is 11.1. The summed E-state index contributed by atoms with van der Waals surface area (Å²) in [6, 6.07) is -0.843. The summed E-state index contributed by atoms with van der Waals surface area (Å²) >= 11 is 0. The average molecular weight is 275 g/mol. The number of aliphatic carboxylic acids is 3. The summed E-state index contributed by atoms with van der Waals surface area (Å²) in [5.74, 6) is -3.38. The van der Waals surface area contributed by atoms with Crippen molar-refractivity contribution in [1.29, 1.82) is 0 Å². The third-order valence-electron chi connectivity index (χ3n) is 0.372. The molecule has 0 aliphatic heterocycles. The van der Waals surface area contributed by atoms with E-state index in [1.54, 1.807) is 0 Å². The van der Waals surface area contributed by atoms with Crippen molar-refractivity contribution in [3.63, 3.8) is 0 Å². The normalized spacial score (nSPS) is 7.76. The van der Waals surface area contributed by atoms with Gasteiger partial charge in [0.15, 0.2) is 0 Å². The molecule has 0 fully saturated rings. The van der Waals surface area contributed by atoms with E-state index in [1.165, 1.54) is 6.92 Å². The Morgan fingerprint density at radius 3 is 0.941 bits per heavy atom. The van der Waals surface area contributed by atoms with E-state index in [4.69, 9.17) is 25.5 Å². The SMILES string of the molecule is CC(=O)[O-].CC(=O)[O-].CC(N)C(=O)[O-].[Na+].[Na+].[Na+]. The van der Waals surface area contributed by atoms with Crippen LogP contribution in [-0.2, 0) is 14.4 Å². The molecule has 0 bridgehead atoms. The maximum Gasteiger partial charge on any atom is 1.00 e. The summed E-state index contributed by atoms with van der Waals surface area (Å²) in [4.78, 5) is 27.2. The number of hydrogen-bond acceptors (Lipinski definition) is 7. The molecule has 0 amide bonds. The van der Waals surface area contributed by atoms with Crippen LogP contribution in [0.5, 0.6) is 0 Å². The van der Waals surface area contributed by atoms with Crippen LogP contribution < -0.4 is 110 Å². The number of nitrogens with two attached hydrogens (primary N) is 1. The van der Waals surface area contributed by atoms with E-state index in [2.05, 4.69) is 0 Å². The second-order valence-electron chi connectivity index (χ2n) is 2.09. The first-order chi connectivity index (χ1) is 6.11. The number of carboxylic acids is 3. The van der Waals surface area contributed by atoms with Crippen LogP contribution in [0.3, 0.4) is 0 Å². The first-order valence-electron chi connectivity index (χ1n) is 3.42. The fourth-order valence-electron chi connectivity index (χ4n) is 0. The van der Waals surface area contributed by atoms with Crippen molar-refractivity contribution in [2.45, 2.75) is 26.8 Å². The van der Waals surface area contributed by atoms with Gasteiger partial charge in [0.25, 0.3) is 0 Å². The minimum Gasteiger partial charge on any atom is -0.550 e. The smallest absolute Gasteiger partial charge is 0.550 e. The van der Waals surface area contributed by atoms with E-state index < -0.39 is 23.9 Å². The van der Waals surface area contributed by atoms with Crippen LogP contribution in [0.25, 0.3) is 0 Å². The van der Waals surface area contributed by atoms with Gasteiger partial charge in [-0.15, -0.1) is 0 Å². The second-order valence-corrected chi connectivity index (χ2v) is 2.09. The average Bonchev–Trinajstić information content (AvgIpc) is 1.83. The third-order valence-corrected chi connectivity index (χ3v) is 0.372.